The van der Waals surface area contributed by atoms with Gasteiger partial charge in [-0.2, -0.15) is 4.31 Å². The molecule has 1 fully saturated rings. The lowest BCUT2D eigenvalue weighted by molar-refractivity contribution is -0.145. The van der Waals surface area contributed by atoms with E-state index in [4.69, 9.17) is 5.11 Å². The van der Waals surface area contributed by atoms with Gasteiger partial charge in [0.1, 0.15) is 0 Å². The van der Waals surface area contributed by atoms with Gasteiger partial charge in [-0.05, 0) is 31.0 Å². The number of nitrogens with one attached hydrogen (secondary N) is 1. The third-order valence-electron chi connectivity index (χ3n) is 4.26. The number of carbonyl (C=O) groups is 2. The number of hydrogen-bond acceptors (Lipinski definition) is 4. The maximum Gasteiger partial charge on any atom is 0.306 e. The summed E-state index contributed by atoms with van der Waals surface area (Å²) in [7, 11) is -3.62. The molecule has 2 N–H and O–H groups in total. The Labute approximate surface area is 141 Å². The maximum absolute atomic E-state index is 12.5. The van der Waals surface area contributed by atoms with Gasteiger partial charge in [0.05, 0.1) is 10.8 Å². The molecule has 132 valence electrons. The summed E-state index contributed by atoms with van der Waals surface area (Å²) in [5.41, 5.74) is 0.252. The van der Waals surface area contributed by atoms with E-state index >= 15 is 0 Å². The maximum atomic E-state index is 12.5. The number of rotatable bonds is 7. The third kappa shape index (κ3) is 3.76. The summed E-state index contributed by atoms with van der Waals surface area (Å²) in [6, 6.07) is 5.72. The van der Waals surface area contributed by atoms with Gasteiger partial charge in [-0.25, -0.2) is 8.42 Å². The zero-order valence-corrected chi connectivity index (χ0v) is 14.5. The van der Waals surface area contributed by atoms with Crippen molar-refractivity contribution in [3.8, 4) is 0 Å². The minimum Gasteiger partial charge on any atom is -0.481 e. The van der Waals surface area contributed by atoms with E-state index in [-0.39, 0.29) is 22.4 Å². The van der Waals surface area contributed by atoms with Crippen LogP contribution >= 0.6 is 0 Å². The molecule has 0 aromatic heterocycles. The minimum atomic E-state index is -3.62. The number of nitrogens with zero attached hydrogens (tertiary/aromatic N) is 1. The molecular weight excluding hydrogens is 332 g/mol. The fourth-order valence-electron chi connectivity index (χ4n) is 2.72. The Bertz CT molecular complexity index is 722. The van der Waals surface area contributed by atoms with Gasteiger partial charge < -0.3 is 10.4 Å². The average molecular weight is 354 g/mol. The summed E-state index contributed by atoms with van der Waals surface area (Å²) in [5.74, 6) is -1.65. The van der Waals surface area contributed by atoms with Crippen molar-refractivity contribution in [2.24, 2.45) is 5.92 Å². The van der Waals surface area contributed by atoms with Gasteiger partial charge >= 0.3 is 5.97 Å². The van der Waals surface area contributed by atoms with Gasteiger partial charge in [-0.15, -0.1) is 0 Å². The quantitative estimate of drug-likeness (QED) is 0.768. The van der Waals surface area contributed by atoms with Crippen LogP contribution in [0.5, 0.6) is 0 Å². The van der Waals surface area contributed by atoms with Crippen molar-refractivity contribution in [3.63, 3.8) is 0 Å². The predicted molar refractivity (Wildman–Crippen MR) is 88.2 cm³/mol. The summed E-state index contributed by atoms with van der Waals surface area (Å²) < 4.78 is 26.3. The molecule has 0 spiro atoms. The third-order valence-corrected chi connectivity index (χ3v) is 6.31. The first-order chi connectivity index (χ1) is 11.3. The van der Waals surface area contributed by atoms with Crippen LogP contribution in [0.25, 0.3) is 0 Å². The highest BCUT2D eigenvalue weighted by molar-refractivity contribution is 7.89. The van der Waals surface area contributed by atoms with Crippen molar-refractivity contribution in [1.29, 1.82) is 0 Å². The van der Waals surface area contributed by atoms with Crippen LogP contribution in [-0.2, 0) is 14.8 Å². The molecular formula is C16H22N2O5S. The lowest BCUT2D eigenvalue weighted by Gasteiger charge is -2.32. The van der Waals surface area contributed by atoms with Crippen LogP contribution in [-0.4, -0.2) is 48.8 Å². The Hall–Kier alpha value is -1.93. The Morgan fingerprint density at radius 1 is 1.25 bits per heavy atom. The lowest BCUT2D eigenvalue weighted by Crippen LogP contribution is -2.46. The standard InChI is InChI=1S/C16H22N2O5S/c1-3-18(4-2)24(22,23)14-7-5-6-11(10-14)15(19)17-13-8-12(9-13)16(20)21/h5-7,10,12-13H,3-4,8-9H2,1-2H3,(H,17,19)(H,20,21). The summed E-state index contributed by atoms with van der Waals surface area (Å²) in [6.07, 6.45) is 0.803. The molecule has 0 bridgehead atoms. The lowest BCUT2D eigenvalue weighted by atomic mass is 9.80. The van der Waals surface area contributed by atoms with Gasteiger partial charge in [0.25, 0.3) is 5.91 Å². The largest absolute Gasteiger partial charge is 0.481 e. The number of aliphatic carboxylic acids is 1. The van der Waals surface area contributed by atoms with Gasteiger partial charge in [0.2, 0.25) is 10.0 Å². The van der Waals surface area contributed by atoms with Crippen molar-refractivity contribution >= 4 is 21.9 Å². The zero-order valence-electron chi connectivity index (χ0n) is 13.7. The van der Waals surface area contributed by atoms with Crippen LogP contribution in [0, 0.1) is 5.92 Å². The molecule has 0 radical (unpaired) electrons. The molecule has 1 saturated carbocycles. The van der Waals surface area contributed by atoms with Crippen LogP contribution in [0.1, 0.15) is 37.0 Å². The van der Waals surface area contributed by atoms with E-state index in [1.807, 2.05) is 0 Å². The van der Waals surface area contributed by atoms with Crippen LogP contribution in [0.3, 0.4) is 0 Å². The molecule has 24 heavy (non-hydrogen) atoms. The number of carbonyl (C=O) groups excluding carboxylic acids is 1. The van der Waals surface area contributed by atoms with Gasteiger partial charge in [0.15, 0.2) is 0 Å². The highest BCUT2D eigenvalue weighted by Crippen LogP contribution is 2.27. The van der Waals surface area contributed by atoms with E-state index < -0.39 is 21.9 Å². The molecule has 1 aliphatic rings. The second-order valence-electron chi connectivity index (χ2n) is 5.79. The van der Waals surface area contributed by atoms with Crippen molar-refractivity contribution in [2.45, 2.75) is 37.6 Å². The number of carboxylic acid groups (broad SMARTS) is 1. The molecule has 1 aromatic carbocycles. The van der Waals surface area contributed by atoms with E-state index in [1.165, 1.54) is 22.5 Å². The highest BCUT2D eigenvalue weighted by Gasteiger charge is 2.35. The molecule has 0 aliphatic heterocycles. The van der Waals surface area contributed by atoms with E-state index in [2.05, 4.69) is 5.32 Å². The topological polar surface area (TPSA) is 104 Å². The van der Waals surface area contributed by atoms with Crippen molar-refractivity contribution in [3.05, 3.63) is 29.8 Å². The second kappa shape index (κ2) is 7.31. The Balaban J connectivity index is 2.10. The summed E-state index contributed by atoms with van der Waals surface area (Å²) in [6.45, 7) is 4.22. The van der Waals surface area contributed by atoms with Gasteiger partial charge in [-0.3, -0.25) is 9.59 Å². The van der Waals surface area contributed by atoms with Crippen LogP contribution < -0.4 is 5.32 Å². The smallest absolute Gasteiger partial charge is 0.306 e. The molecule has 7 nitrogen and oxygen atoms in total. The second-order valence-corrected chi connectivity index (χ2v) is 7.73. The van der Waals surface area contributed by atoms with Crippen molar-refractivity contribution in [1.82, 2.24) is 9.62 Å². The van der Waals surface area contributed by atoms with Crippen LogP contribution in [0.4, 0.5) is 0 Å². The van der Waals surface area contributed by atoms with E-state index in [9.17, 15) is 18.0 Å². The molecule has 1 amide bonds. The van der Waals surface area contributed by atoms with Gasteiger partial charge in [-0.1, -0.05) is 19.9 Å². The van der Waals surface area contributed by atoms with Gasteiger partial charge in [0, 0.05) is 24.7 Å². The first-order valence-corrected chi connectivity index (χ1v) is 9.37. The van der Waals surface area contributed by atoms with E-state index in [0.29, 0.717) is 25.9 Å². The first-order valence-electron chi connectivity index (χ1n) is 7.93. The molecule has 0 unspecified atom stereocenters. The zero-order chi connectivity index (χ0) is 17.9. The number of amides is 1. The molecule has 0 atom stereocenters. The fraction of sp³-hybridized carbons (Fsp3) is 0.500. The number of hydrogen-bond donors (Lipinski definition) is 2. The first kappa shape index (κ1) is 18.4. The van der Waals surface area contributed by atoms with Crippen molar-refractivity contribution < 1.29 is 23.1 Å². The minimum absolute atomic E-state index is 0.0795. The van der Waals surface area contributed by atoms with E-state index in [0.717, 1.165) is 0 Å². The van der Waals surface area contributed by atoms with E-state index in [1.54, 1.807) is 19.9 Å². The summed E-state index contributed by atoms with van der Waals surface area (Å²) >= 11 is 0. The summed E-state index contributed by atoms with van der Waals surface area (Å²) in [4.78, 5) is 23.1. The number of benzene rings is 1. The molecule has 0 heterocycles. The Morgan fingerprint density at radius 2 is 1.88 bits per heavy atom. The Kier molecular flexibility index (Phi) is 5.61. The van der Waals surface area contributed by atoms with Crippen LogP contribution in [0.2, 0.25) is 0 Å². The fourth-order valence-corrected chi connectivity index (χ4v) is 4.22. The van der Waals surface area contributed by atoms with Crippen LogP contribution in [0.15, 0.2) is 29.2 Å². The molecule has 0 saturated heterocycles. The molecule has 1 aromatic rings. The molecule has 2 rings (SSSR count). The van der Waals surface area contributed by atoms with Crippen molar-refractivity contribution in [2.75, 3.05) is 13.1 Å². The Morgan fingerprint density at radius 3 is 2.42 bits per heavy atom. The highest BCUT2D eigenvalue weighted by atomic mass is 32.2. The number of sulfonamides is 1. The number of carboxylic acids is 1. The SMILES string of the molecule is CCN(CC)S(=O)(=O)c1cccc(C(=O)NC2CC(C(=O)O)C2)c1. The molecule has 8 heteroatoms. The monoisotopic (exact) mass is 354 g/mol. The average Bonchev–Trinajstić information content (AvgIpc) is 2.50. The normalized spacial score (nSPS) is 20.5. The summed E-state index contributed by atoms with van der Waals surface area (Å²) in [5, 5.41) is 11.6. The molecule has 1 aliphatic carbocycles. The predicted octanol–water partition coefficient (Wildman–Crippen LogP) is 1.31.